The van der Waals surface area contributed by atoms with E-state index in [2.05, 4.69) is 5.32 Å². The van der Waals surface area contributed by atoms with Gasteiger partial charge in [-0.05, 0) is 11.6 Å². The average molecular weight is 370 g/mol. The van der Waals surface area contributed by atoms with Crippen molar-refractivity contribution in [2.45, 2.75) is 19.4 Å². The van der Waals surface area contributed by atoms with E-state index in [1.165, 1.54) is 33.2 Å². The molecule has 0 aliphatic carbocycles. The summed E-state index contributed by atoms with van der Waals surface area (Å²) >= 11 is 0. The number of methoxy groups -OCH3 is 3. The zero-order valence-corrected chi connectivity index (χ0v) is 15.7. The minimum atomic E-state index is -0.612. The molecule has 1 heterocycles. The van der Waals surface area contributed by atoms with E-state index in [0.717, 1.165) is 11.3 Å². The summed E-state index contributed by atoms with van der Waals surface area (Å²) in [6.07, 6.45) is 0.464. The fraction of sp³-hybridized carbons (Fsp3) is 0.300. The number of benzene rings is 2. The number of fused-ring (bicyclic) bond motifs is 1. The average Bonchev–Trinajstić information content (AvgIpc) is 3.07. The Hall–Kier alpha value is -3.22. The van der Waals surface area contributed by atoms with Gasteiger partial charge in [0.05, 0.1) is 21.3 Å². The number of nitrogens with zero attached hydrogens (tertiary/aromatic N) is 1. The zero-order chi connectivity index (χ0) is 19.6. The van der Waals surface area contributed by atoms with Gasteiger partial charge in [0.2, 0.25) is 17.6 Å². The number of nitrogens with one attached hydrogen (secondary N) is 1. The second-order valence-electron chi connectivity index (χ2n) is 6.14. The summed E-state index contributed by atoms with van der Waals surface area (Å²) in [6.45, 7) is 1.46. The summed E-state index contributed by atoms with van der Waals surface area (Å²) in [4.78, 5) is 26.6. The maximum atomic E-state index is 12.9. The molecular formula is C20H22N2O5. The van der Waals surface area contributed by atoms with Crippen LogP contribution in [0.15, 0.2) is 36.4 Å². The first-order chi connectivity index (χ1) is 13.0. The molecule has 0 saturated carbocycles. The molecule has 0 radical (unpaired) electrons. The highest BCUT2D eigenvalue weighted by molar-refractivity contribution is 6.06. The third-order valence-corrected chi connectivity index (χ3v) is 4.55. The van der Waals surface area contributed by atoms with Gasteiger partial charge in [-0.2, -0.15) is 0 Å². The summed E-state index contributed by atoms with van der Waals surface area (Å²) in [5.74, 6) is 0.855. The van der Waals surface area contributed by atoms with Gasteiger partial charge in [-0.3, -0.25) is 14.5 Å². The molecule has 0 aromatic heterocycles. The van der Waals surface area contributed by atoms with Gasteiger partial charge in [-0.15, -0.1) is 0 Å². The minimum Gasteiger partial charge on any atom is -0.493 e. The molecule has 1 aliphatic heterocycles. The highest BCUT2D eigenvalue weighted by Crippen LogP contribution is 2.40. The molecule has 1 atom stereocenters. The van der Waals surface area contributed by atoms with Gasteiger partial charge in [-0.25, -0.2) is 0 Å². The Morgan fingerprint density at radius 1 is 1.04 bits per heavy atom. The molecule has 1 aliphatic rings. The van der Waals surface area contributed by atoms with Gasteiger partial charge in [0.15, 0.2) is 11.5 Å². The van der Waals surface area contributed by atoms with E-state index >= 15 is 0 Å². The van der Waals surface area contributed by atoms with Crippen molar-refractivity contribution in [2.75, 3.05) is 31.5 Å². The molecule has 0 spiro atoms. The SMILES string of the molecule is COc1cc(NC(=O)[C@H]2Cc3ccccc3N2C(C)=O)cc(OC)c1OC. The van der Waals surface area contributed by atoms with Gasteiger partial charge in [-0.1, -0.05) is 18.2 Å². The van der Waals surface area contributed by atoms with Crippen molar-refractivity contribution in [2.24, 2.45) is 0 Å². The Morgan fingerprint density at radius 2 is 1.67 bits per heavy atom. The Kier molecular flexibility index (Phi) is 5.21. The van der Waals surface area contributed by atoms with E-state index < -0.39 is 6.04 Å². The summed E-state index contributed by atoms with van der Waals surface area (Å²) in [5.41, 5.74) is 2.24. The molecule has 0 fully saturated rings. The molecule has 142 valence electrons. The molecular weight excluding hydrogens is 348 g/mol. The highest BCUT2D eigenvalue weighted by Gasteiger charge is 2.36. The zero-order valence-electron chi connectivity index (χ0n) is 15.7. The molecule has 2 aromatic carbocycles. The lowest BCUT2D eigenvalue weighted by molar-refractivity contribution is -0.122. The van der Waals surface area contributed by atoms with Crippen LogP contribution in [-0.2, 0) is 16.0 Å². The van der Waals surface area contributed by atoms with E-state index in [1.807, 2.05) is 24.3 Å². The second kappa shape index (κ2) is 7.57. The standard InChI is InChI=1S/C20H22N2O5/c1-12(23)22-15-8-6-5-7-13(15)9-16(22)20(24)21-14-10-17(25-2)19(27-4)18(11-14)26-3/h5-8,10-11,16H,9H2,1-4H3,(H,21,24)/t16-/m1/s1. The van der Waals surface area contributed by atoms with Crippen LogP contribution in [-0.4, -0.2) is 39.2 Å². The number of anilines is 2. The molecule has 7 nitrogen and oxygen atoms in total. The maximum absolute atomic E-state index is 12.9. The Morgan fingerprint density at radius 3 is 2.22 bits per heavy atom. The van der Waals surface area contributed by atoms with Gasteiger partial charge >= 0.3 is 0 Å². The highest BCUT2D eigenvalue weighted by atomic mass is 16.5. The topological polar surface area (TPSA) is 77.1 Å². The third-order valence-electron chi connectivity index (χ3n) is 4.55. The minimum absolute atomic E-state index is 0.176. The molecule has 2 aromatic rings. The Bertz CT molecular complexity index is 855. The molecule has 0 saturated heterocycles. The number of carbonyl (C=O) groups is 2. The van der Waals surface area contributed by atoms with Gasteiger partial charge < -0.3 is 19.5 Å². The third kappa shape index (κ3) is 3.40. The van der Waals surface area contributed by atoms with Crippen LogP contribution < -0.4 is 24.4 Å². The van der Waals surface area contributed by atoms with Crippen LogP contribution in [0.25, 0.3) is 0 Å². The summed E-state index contributed by atoms with van der Waals surface area (Å²) in [5, 5.41) is 2.86. The summed E-state index contributed by atoms with van der Waals surface area (Å²) in [7, 11) is 4.53. The van der Waals surface area contributed by atoms with E-state index in [0.29, 0.717) is 29.4 Å². The Balaban J connectivity index is 1.89. The molecule has 27 heavy (non-hydrogen) atoms. The van der Waals surface area contributed by atoms with Crippen molar-refractivity contribution in [3.8, 4) is 17.2 Å². The van der Waals surface area contributed by atoms with Gasteiger partial charge in [0.25, 0.3) is 0 Å². The maximum Gasteiger partial charge on any atom is 0.247 e. The van der Waals surface area contributed by atoms with Crippen molar-refractivity contribution in [3.05, 3.63) is 42.0 Å². The number of ether oxygens (including phenoxy) is 3. The number of hydrogen-bond donors (Lipinski definition) is 1. The lowest BCUT2D eigenvalue weighted by Gasteiger charge is -2.23. The van der Waals surface area contributed by atoms with Crippen molar-refractivity contribution >= 4 is 23.2 Å². The lowest BCUT2D eigenvalue weighted by atomic mass is 10.1. The molecule has 2 amide bonds. The van der Waals surface area contributed by atoms with E-state index in [9.17, 15) is 9.59 Å². The van der Waals surface area contributed by atoms with Crippen molar-refractivity contribution in [1.82, 2.24) is 0 Å². The predicted molar refractivity (Wildman–Crippen MR) is 102 cm³/mol. The number of amides is 2. The summed E-state index contributed by atoms with van der Waals surface area (Å²) in [6, 6.07) is 10.2. The predicted octanol–water partition coefficient (Wildman–Crippen LogP) is 2.63. The first kappa shape index (κ1) is 18.6. The van der Waals surface area contributed by atoms with Crippen LogP contribution >= 0.6 is 0 Å². The fourth-order valence-electron chi connectivity index (χ4n) is 3.36. The fourth-order valence-corrected chi connectivity index (χ4v) is 3.36. The quantitative estimate of drug-likeness (QED) is 0.876. The number of hydrogen-bond acceptors (Lipinski definition) is 5. The number of carbonyl (C=O) groups excluding carboxylic acids is 2. The van der Waals surface area contributed by atoms with Crippen molar-refractivity contribution in [3.63, 3.8) is 0 Å². The van der Waals surface area contributed by atoms with Gasteiger partial charge in [0.1, 0.15) is 6.04 Å². The van der Waals surface area contributed by atoms with Crippen molar-refractivity contribution < 1.29 is 23.8 Å². The number of rotatable bonds is 5. The van der Waals surface area contributed by atoms with Crippen LogP contribution in [0.2, 0.25) is 0 Å². The molecule has 0 bridgehead atoms. The molecule has 7 heteroatoms. The normalized spacial score (nSPS) is 15.1. The second-order valence-corrected chi connectivity index (χ2v) is 6.14. The summed E-state index contributed by atoms with van der Waals surface area (Å²) < 4.78 is 15.9. The van der Waals surface area contributed by atoms with Crippen LogP contribution in [0.1, 0.15) is 12.5 Å². The smallest absolute Gasteiger partial charge is 0.247 e. The first-order valence-electron chi connectivity index (χ1n) is 8.48. The van der Waals surface area contributed by atoms with Gasteiger partial charge in [0, 0.05) is 36.9 Å². The Labute approximate surface area is 157 Å². The van der Waals surface area contributed by atoms with Crippen LogP contribution in [0.5, 0.6) is 17.2 Å². The monoisotopic (exact) mass is 370 g/mol. The van der Waals surface area contributed by atoms with E-state index in [4.69, 9.17) is 14.2 Å². The van der Waals surface area contributed by atoms with Crippen LogP contribution in [0.3, 0.4) is 0 Å². The van der Waals surface area contributed by atoms with Crippen LogP contribution in [0, 0.1) is 0 Å². The lowest BCUT2D eigenvalue weighted by Crippen LogP contribution is -2.44. The molecule has 0 unspecified atom stereocenters. The largest absolute Gasteiger partial charge is 0.493 e. The number of para-hydroxylation sites is 1. The van der Waals surface area contributed by atoms with E-state index in [1.54, 1.807) is 12.1 Å². The van der Waals surface area contributed by atoms with Crippen molar-refractivity contribution in [1.29, 1.82) is 0 Å². The molecule has 3 rings (SSSR count). The molecule has 1 N–H and O–H groups in total. The van der Waals surface area contributed by atoms with E-state index in [-0.39, 0.29) is 11.8 Å². The van der Waals surface area contributed by atoms with Crippen LogP contribution in [0.4, 0.5) is 11.4 Å². The first-order valence-corrected chi connectivity index (χ1v) is 8.48.